The predicted octanol–water partition coefficient (Wildman–Crippen LogP) is 4.58. The second-order valence-electron chi connectivity index (χ2n) is 4.63. The van der Waals surface area contributed by atoms with Gasteiger partial charge in [0.2, 0.25) is 0 Å². The highest BCUT2D eigenvalue weighted by Gasteiger charge is 2.08. The van der Waals surface area contributed by atoms with Gasteiger partial charge in [0.1, 0.15) is 11.5 Å². The zero-order valence-electron chi connectivity index (χ0n) is 12.6. The molecule has 2 aromatic rings. The van der Waals surface area contributed by atoms with Gasteiger partial charge in [-0.3, -0.25) is 0 Å². The van der Waals surface area contributed by atoms with Gasteiger partial charge in [0.05, 0.1) is 25.6 Å². The molecule has 0 saturated heterocycles. The maximum Gasteiger partial charge on any atom is 0.175 e. The van der Waals surface area contributed by atoms with Crippen molar-refractivity contribution in [3.05, 3.63) is 46.4 Å². The highest BCUT2D eigenvalue weighted by molar-refractivity contribution is 9.10. The lowest BCUT2D eigenvalue weighted by atomic mass is 10.2. The number of halogens is 1. The number of nitrogens with one attached hydrogen (secondary N) is 2. The maximum absolute atomic E-state index is 5.35. The molecule has 2 aromatic carbocycles. The van der Waals surface area contributed by atoms with Gasteiger partial charge in [-0.05, 0) is 64.9 Å². The molecule has 0 spiro atoms. The first-order chi connectivity index (χ1) is 10.5. The summed E-state index contributed by atoms with van der Waals surface area (Å²) in [6.07, 6.45) is 0. The van der Waals surface area contributed by atoms with E-state index in [-0.39, 0.29) is 0 Å². The Morgan fingerprint density at radius 3 is 2.32 bits per heavy atom. The number of ether oxygens (including phenoxy) is 2. The van der Waals surface area contributed by atoms with Gasteiger partial charge in [-0.1, -0.05) is 6.07 Å². The molecule has 0 fully saturated rings. The molecule has 0 unspecified atom stereocenters. The van der Waals surface area contributed by atoms with Crippen LogP contribution in [0.1, 0.15) is 5.56 Å². The Labute approximate surface area is 144 Å². The minimum absolute atomic E-state index is 0.480. The summed E-state index contributed by atoms with van der Waals surface area (Å²) in [5, 5.41) is 6.75. The highest BCUT2D eigenvalue weighted by Crippen LogP contribution is 2.29. The number of thiocarbonyl (C=S) groups is 1. The van der Waals surface area contributed by atoms with Crippen LogP contribution in [0, 0.1) is 6.92 Å². The van der Waals surface area contributed by atoms with Crippen molar-refractivity contribution < 1.29 is 9.47 Å². The molecule has 0 aliphatic rings. The molecule has 2 rings (SSSR count). The van der Waals surface area contributed by atoms with Crippen molar-refractivity contribution in [2.75, 3.05) is 24.9 Å². The van der Waals surface area contributed by atoms with Crippen molar-refractivity contribution in [3.8, 4) is 11.5 Å². The molecule has 0 heterocycles. The fraction of sp³-hybridized carbons (Fsp3) is 0.188. The molecule has 0 amide bonds. The summed E-state index contributed by atoms with van der Waals surface area (Å²) in [5.74, 6) is 1.38. The van der Waals surface area contributed by atoms with Crippen LogP contribution in [-0.2, 0) is 0 Å². The Kier molecular flexibility index (Phi) is 5.63. The third-order valence-electron chi connectivity index (χ3n) is 3.03. The maximum atomic E-state index is 5.35. The quantitative estimate of drug-likeness (QED) is 0.759. The van der Waals surface area contributed by atoms with Gasteiger partial charge in [-0.25, -0.2) is 0 Å². The number of rotatable bonds is 4. The minimum atomic E-state index is 0.480. The van der Waals surface area contributed by atoms with Crippen LogP contribution in [0.5, 0.6) is 11.5 Å². The second-order valence-corrected chi connectivity index (χ2v) is 5.89. The fourth-order valence-electron chi connectivity index (χ4n) is 1.90. The van der Waals surface area contributed by atoms with E-state index in [1.807, 2.05) is 37.3 Å². The summed E-state index contributed by atoms with van der Waals surface area (Å²) in [6.45, 7) is 2.04. The van der Waals surface area contributed by atoms with Gasteiger partial charge in [-0.2, -0.15) is 0 Å². The zero-order chi connectivity index (χ0) is 16.1. The summed E-state index contributed by atoms with van der Waals surface area (Å²) < 4.78 is 11.5. The first-order valence-corrected chi connectivity index (χ1v) is 7.80. The Morgan fingerprint density at radius 2 is 1.68 bits per heavy atom. The molecule has 0 bridgehead atoms. The molecule has 6 heteroatoms. The second kappa shape index (κ2) is 7.47. The van der Waals surface area contributed by atoms with E-state index in [1.165, 1.54) is 5.56 Å². The van der Waals surface area contributed by atoms with E-state index in [1.54, 1.807) is 20.3 Å². The monoisotopic (exact) mass is 380 g/mol. The number of anilines is 2. The molecule has 0 radical (unpaired) electrons. The SMILES string of the molecule is COc1ccc(NC(=S)Nc2ccc(C)cc2Br)c(OC)c1. The van der Waals surface area contributed by atoms with E-state index < -0.39 is 0 Å². The highest BCUT2D eigenvalue weighted by atomic mass is 79.9. The normalized spacial score (nSPS) is 10.0. The zero-order valence-corrected chi connectivity index (χ0v) is 15.0. The van der Waals surface area contributed by atoms with E-state index >= 15 is 0 Å². The van der Waals surface area contributed by atoms with Gasteiger partial charge in [-0.15, -0.1) is 0 Å². The van der Waals surface area contributed by atoms with Gasteiger partial charge in [0.15, 0.2) is 5.11 Å². The Bertz CT molecular complexity index is 692. The Morgan fingerprint density at radius 1 is 1.00 bits per heavy atom. The number of aryl methyl sites for hydroxylation is 1. The van der Waals surface area contributed by atoms with Crippen LogP contribution >= 0.6 is 28.1 Å². The van der Waals surface area contributed by atoms with Crippen LogP contribution in [-0.4, -0.2) is 19.3 Å². The van der Waals surface area contributed by atoms with Gasteiger partial charge in [0.25, 0.3) is 0 Å². The lowest BCUT2D eigenvalue weighted by Crippen LogP contribution is -2.19. The molecule has 2 N–H and O–H groups in total. The van der Waals surface area contributed by atoms with E-state index in [2.05, 4.69) is 26.6 Å². The average molecular weight is 381 g/mol. The van der Waals surface area contributed by atoms with Crippen LogP contribution in [0.4, 0.5) is 11.4 Å². The van der Waals surface area contributed by atoms with E-state index in [0.717, 1.165) is 21.6 Å². The van der Waals surface area contributed by atoms with Crippen molar-refractivity contribution in [1.82, 2.24) is 0 Å². The molecule has 0 aromatic heterocycles. The number of methoxy groups -OCH3 is 2. The van der Waals surface area contributed by atoms with Crippen molar-refractivity contribution in [2.45, 2.75) is 6.92 Å². The lowest BCUT2D eigenvalue weighted by molar-refractivity contribution is 0.395. The average Bonchev–Trinajstić information content (AvgIpc) is 2.50. The summed E-state index contributed by atoms with van der Waals surface area (Å²) in [4.78, 5) is 0. The molecular formula is C16H17BrN2O2S. The third kappa shape index (κ3) is 4.11. The van der Waals surface area contributed by atoms with Crippen molar-refractivity contribution in [1.29, 1.82) is 0 Å². The standard InChI is InChI=1S/C16H17BrN2O2S/c1-10-4-6-13(12(17)8-10)18-16(22)19-14-7-5-11(20-2)9-15(14)21-3/h4-9H,1-3H3,(H2,18,19,22). The largest absolute Gasteiger partial charge is 0.497 e. The summed E-state index contributed by atoms with van der Waals surface area (Å²) >= 11 is 8.87. The van der Waals surface area contributed by atoms with E-state index in [9.17, 15) is 0 Å². The van der Waals surface area contributed by atoms with Crippen LogP contribution in [0.25, 0.3) is 0 Å². The lowest BCUT2D eigenvalue weighted by Gasteiger charge is -2.15. The number of hydrogen-bond donors (Lipinski definition) is 2. The molecule has 0 atom stereocenters. The van der Waals surface area contributed by atoms with Crippen LogP contribution in [0.15, 0.2) is 40.9 Å². The molecule has 0 aliphatic heterocycles. The molecular weight excluding hydrogens is 364 g/mol. The Hall–Kier alpha value is -1.79. The fourth-order valence-corrected chi connectivity index (χ4v) is 2.71. The molecule has 0 saturated carbocycles. The van der Waals surface area contributed by atoms with Crippen molar-refractivity contribution >= 4 is 44.6 Å². The van der Waals surface area contributed by atoms with Gasteiger partial charge < -0.3 is 20.1 Å². The topological polar surface area (TPSA) is 42.5 Å². The minimum Gasteiger partial charge on any atom is -0.497 e. The molecule has 22 heavy (non-hydrogen) atoms. The van der Waals surface area contributed by atoms with E-state index in [4.69, 9.17) is 21.7 Å². The van der Waals surface area contributed by atoms with Crippen molar-refractivity contribution in [2.24, 2.45) is 0 Å². The van der Waals surface area contributed by atoms with E-state index in [0.29, 0.717) is 10.9 Å². The predicted molar refractivity (Wildman–Crippen MR) is 98.3 cm³/mol. The van der Waals surface area contributed by atoms with Crippen LogP contribution in [0.2, 0.25) is 0 Å². The van der Waals surface area contributed by atoms with Gasteiger partial charge in [0, 0.05) is 10.5 Å². The van der Waals surface area contributed by atoms with Gasteiger partial charge >= 0.3 is 0 Å². The number of hydrogen-bond acceptors (Lipinski definition) is 3. The molecule has 4 nitrogen and oxygen atoms in total. The number of benzene rings is 2. The first-order valence-electron chi connectivity index (χ1n) is 6.59. The smallest absolute Gasteiger partial charge is 0.175 e. The Balaban J connectivity index is 2.12. The summed E-state index contributed by atoms with van der Waals surface area (Å²) in [5.41, 5.74) is 2.84. The van der Waals surface area contributed by atoms with Crippen LogP contribution in [0.3, 0.4) is 0 Å². The third-order valence-corrected chi connectivity index (χ3v) is 3.89. The molecule has 116 valence electrons. The summed E-state index contributed by atoms with van der Waals surface area (Å²) in [7, 11) is 3.22. The molecule has 0 aliphatic carbocycles. The van der Waals surface area contributed by atoms with Crippen molar-refractivity contribution in [3.63, 3.8) is 0 Å². The van der Waals surface area contributed by atoms with Crippen LogP contribution < -0.4 is 20.1 Å². The summed E-state index contributed by atoms with van der Waals surface area (Å²) in [6, 6.07) is 11.5. The first kappa shape index (κ1) is 16.6.